The third-order valence-electron chi connectivity index (χ3n) is 2.59. The number of fused-ring (bicyclic) bond motifs is 1. The molecule has 1 aliphatic heterocycles. The Labute approximate surface area is 78.4 Å². The van der Waals surface area contributed by atoms with Gasteiger partial charge in [0.1, 0.15) is 0 Å². The van der Waals surface area contributed by atoms with Crippen LogP contribution in [-0.4, -0.2) is 13.1 Å². The fourth-order valence-electron chi connectivity index (χ4n) is 1.84. The maximum absolute atomic E-state index is 8.76. The highest BCUT2D eigenvalue weighted by Crippen LogP contribution is 2.28. The van der Waals surface area contributed by atoms with Crippen molar-refractivity contribution in [3.8, 4) is 6.07 Å². The van der Waals surface area contributed by atoms with E-state index < -0.39 is 0 Å². The molecule has 0 unspecified atom stereocenters. The molecule has 0 saturated heterocycles. The van der Waals surface area contributed by atoms with Crippen LogP contribution in [0.4, 0.5) is 5.69 Å². The van der Waals surface area contributed by atoms with E-state index in [0.29, 0.717) is 0 Å². The number of anilines is 1. The molecule has 1 heterocycles. The van der Waals surface area contributed by atoms with E-state index in [1.54, 1.807) is 0 Å². The maximum Gasteiger partial charge on any atom is 0.0992 e. The van der Waals surface area contributed by atoms with Crippen molar-refractivity contribution in [2.75, 3.05) is 18.0 Å². The number of nitriles is 1. The average Bonchev–Trinajstić information content (AvgIpc) is 2.59. The molecule has 0 N–H and O–H groups in total. The van der Waals surface area contributed by atoms with Crippen LogP contribution in [0, 0.1) is 11.3 Å². The fourth-order valence-corrected chi connectivity index (χ4v) is 1.84. The molecule has 0 radical (unpaired) electrons. The van der Waals surface area contributed by atoms with E-state index in [1.165, 1.54) is 11.3 Å². The quantitative estimate of drug-likeness (QED) is 0.647. The van der Waals surface area contributed by atoms with Crippen molar-refractivity contribution >= 4 is 5.69 Å². The summed E-state index contributed by atoms with van der Waals surface area (Å²) in [5.74, 6) is 0. The van der Waals surface area contributed by atoms with Crippen LogP contribution in [0.5, 0.6) is 0 Å². The van der Waals surface area contributed by atoms with E-state index in [-0.39, 0.29) is 0 Å². The van der Waals surface area contributed by atoms with E-state index in [9.17, 15) is 0 Å². The summed E-state index contributed by atoms with van der Waals surface area (Å²) in [4.78, 5) is 2.32. The van der Waals surface area contributed by atoms with Crippen LogP contribution in [-0.2, 0) is 6.42 Å². The Balaban J connectivity index is 2.44. The van der Waals surface area contributed by atoms with Gasteiger partial charge in [0, 0.05) is 18.8 Å². The van der Waals surface area contributed by atoms with Crippen LogP contribution in [0.1, 0.15) is 18.1 Å². The first kappa shape index (κ1) is 8.12. The molecule has 2 heteroatoms. The SMILES string of the molecule is CCN1CCc2ccc(C#N)cc21. The van der Waals surface area contributed by atoms with Crippen LogP contribution >= 0.6 is 0 Å². The van der Waals surface area contributed by atoms with Gasteiger partial charge in [0.2, 0.25) is 0 Å². The molecule has 0 amide bonds. The van der Waals surface area contributed by atoms with Crippen LogP contribution in [0.25, 0.3) is 0 Å². The third-order valence-corrected chi connectivity index (χ3v) is 2.59. The highest BCUT2D eigenvalue weighted by molar-refractivity contribution is 5.61. The number of likely N-dealkylation sites (N-methyl/N-ethyl adjacent to an activating group) is 1. The third kappa shape index (κ3) is 1.27. The Morgan fingerprint density at radius 1 is 1.54 bits per heavy atom. The van der Waals surface area contributed by atoms with Gasteiger partial charge in [0.15, 0.2) is 0 Å². The molecule has 2 rings (SSSR count). The molecule has 0 bridgehead atoms. The number of rotatable bonds is 1. The minimum atomic E-state index is 0.763. The fraction of sp³-hybridized carbons (Fsp3) is 0.364. The first-order valence-electron chi connectivity index (χ1n) is 4.63. The van der Waals surface area contributed by atoms with Gasteiger partial charge in [-0.1, -0.05) is 6.07 Å². The lowest BCUT2D eigenvalue weighted by Crippen LogP contribution is -2.19. The van der Waals surface area contributed by atoms with Gasteiger partial charge in [-0.3, -0.25) is 0 Å². The molecular formula is C11H12N2. The van der Waals surface area contributed by atoms with Gasteiger partial charge in [0.05, 0.1) is 11.6 Å². The molecule has 1 aromatic carbocycles. The molecule has 2 nitrogen and oxygen atoms in total. The minimum Gasteiger partial charge on any atom is -0.371 e. The van der Waals surface area contributed by atoms with Crippen LogP contribution in [0.3, 0.4) is 0 Å². The number of nitrogens with zero attached hydrogens (tertiary/aromatic N) is 2. The molecule has 0 saturated carbocycles. The second kappa shape index (κ2) is 3.10. The van der Waals surface area contributed by atoms with E-state index in [0.717, 1.165) is 25.1 Å². The minimum absolute atomic E-state index is 0.763. The van der Waals surface area contributed by atoms with Crippen molar-refractivity contribution in [3.05, 3.63) is 29.3 Å². The lowest BCUT2D eigenvalue weighted by molar-refractivity contribution is 0.868. The maximum atomic E-state index is 8.76. The molecule has 66 valence electrons. The summed E-state index contributed by atoms with van der Waals surface area (Å²) in [6, 6.07) is 8.14. The molecule has 0 aromatic heterocycles. The van der Waals surface area contributed by atoms with Crippen LogP contribution in [0.15, 0.2) is 18.2 Å². The molecule has 0 spiro atoms. The van der Waals surface area contributed by atoms with E-state index in [2.05, 4.69) is 24.0 Å². The smallest absolute Gasteiger partial charge is 0.0992 e. The first-order chi connectivity index (χ1) is 6.35. The summed E-state index contributed by atoms with van der Waals surface area (Å²) < 4.78 is 0. The number of hydrogen-bond acceptors (Lipinski definition) is 2. The van der Waals surface area contributed by atoms with Gasteiger partial charge < -0.3 is 4.90 Å². The predicted octanol–water partition coefficient (Wildman–Crippen LogP) is 1.94. The van der Waals surface area contributed by atoms with Gasteiger partial charge in [0.25, 0.3) is 0 Å². The first-order valence-corrected chi connectivity index (χ1v) is 4.63. The normalized spacial score (nSPS) is 14.0. The van der Waals surface area contributed by atoms with Gasteiger partial charge in [-0.05, 0) is 31.0 Å². The van der Waals surface area contributed by atoms with Crippen molar-refractivity contribution in [1.82, 2.24) is 0 Å². The zero-order valence-corrected chi connectivity index (χ0v) is 7.75. The lowest BCUT2D eigenvalue weighted by atomic mass is 10.1. The van der Waals surface area contributed by atoms with Gasteiger partial charge in [-0.25, -0.2) is 0 Å². The van der Waals surface area contributed by atoms with Gasteiger partial charge >= 0.3 is 0 Å². The lowest BCUT2D eigenvalue weighted by Gasteiger charge is -2.16. The standard InChI is InChI=1S/C11H12N2/c1-2-13-6-5-10-4-3-9(8-12)7-11(10)13/h3-4,7H,2,5-6H2,1H3. The van der Waals surface area contributed by atoms with Crippen LogP contribution in [0.2, 0.25) is 0 Å². The molecule has 0 aliphatic carbocycles. The molecule has 0 fully saturated rings. The van der Waals surface area contributed by atoms with Gasteiger partial charge in [-0.15, -0.1) is 0 Å². The Morgan fingerprint density at radius 2 is 2.38 bits per heavy atom. The predicted molar refractivity (Wildman–Crippen MR) is 52.7 cm³/mol. The summed E-state index contributed by atoms with van der Waals surface area (Å²) in [5.41, 5.74) is 3.39. The van der Waals surface area contributed by atoms with Crippen molar-refractivity contribution in [1.29, 1.82) is 5.26 Å². The van der Waals surface area contributed by atoms with Crippen molar-refractivity contribution < 1.29 is 0 Å². The summed E-state index contributed by atoms with van der Waals surface area (Å²) in [5, 5.41) is 8.76. The van der Waals surface area contributed by atoms with E-state index in [1.807, 2.05) is 12.1 Å². The Hall–Kier alpha value is -1.49. The van der Waals surface area contributed by atoms with Crippen molar-refractivity contribution in [3.63, 3.8) is 0 Å². The molecule has 13 heavy (non-hydrogen) atoms. The van der Waals surface area contributed by atoms with Crippen LogP contribution < -0.4 is 4.90 Å². The van der Waals surface area contributed by atoms with E-state index in [4.69, 9.17) is 5.26 Å². The second-order valence-corrected chi connectivity index (χ2v) is 3.28. The molecule has 1 aromatic rings. The Kier molecular flexibility index (Phi) is 1.94. The number of benzene rings is 1. The highest BCUT2D eigenvalue weighted by Gasteiger charge is 2.17. The topological polar surface area (TPSA) is 27.0 Å². The summed E-state index contributed by atoms with van der Waals surface area (Å²) in [6.45, 7) is 4.27. The van der Waals surface area contributed by atoms with Crippen molar-refractivity contribution in [2.24, 2.45) is 0 Å². The highest BCUT2D eigenvalue weighted by atomic mass is 15.1. The zero-order valence-electron chi connectivity index (χ0n) is 7.75. The number of hydrogen-bond donors (Lipinski definition) is 0. The summed E-state index contributed by atoms with van der Waals surface area (Å²) in [6.07, 6.45) is 1.12. The average molecular weight is 172 g/mol. The Morgan fingerprint density at radius 3 is 3.08 bits per heavy atom. The second-order valence-electron chi connectivity index (χ2n) is 3.28. The largest absolute Gasteiger partial charge is 0.371 e. The van der Waals surface area contributed by atoms with Gasteiger partial charge in [-0.2, -0.15) is 5.26 Å². The molecule has 1 aliphatic rings. The van der Waals surface area contributed by atoms with Crippen molar-refractivity contribution in [2.45, 2.75) is 13.3 Å². The Bertz CT molecular complexity index is 363. The van der Waals surface area contributed by atoms with E-state index >= 15 is 0 Å². The summed E-state index contributed by atoms with van der Waals surface area (Å²) >= 11 is 0. The monoisotopic (exact) mass is 172 g/mol. The molecular weight excluding hydrogens is 160 g/mol. The summed E-state index contributed by atoms with van der Waals surface area (Å²) in [7, 11) is 0. The molecule has 0 atom stereocenters. The zero-order chi connectivity index (χ0) is 9.26.